The maximum Gasteiger partial charge on any atom is 0.414 e. The second-order valence-electron chi connectivity index (χ2n) is 5.11. The van der Waals surface area contributed by atoms with Gasteiger partial charge in [0.05, 0.1) is 5.41 Å². The monoisotopic (exact) mass is 268 g/mol. The fraction of sp³-hybridized carbons (Fsp3) is 0.917. The zero-order valence-electron chi connectivity index (χ0n) is 10.2. The van der Waals surface area contributed by atoms with E-state index >= 15 is 0 Å². The lowest BCUT2D eigenvalue weighted by atomic mass is 9.72. The molecule has 0 aromatic rings. The summed E-state index contributed by atoms with van der Waals surface area (Å²) in [4.78, 5) is 11.3. The van der Waals surface area contributed by atoms with Gasteiger partial charge in [-0.3, -0.25) is 4.79 Å². The van der Waals surface area contributed by atoms with Gasteiger partial charge in [-0.2, -0.15) is 13.2 Å². The molecule has 106 valence electrons. The molecule has 6 heteroatoms. The van der Waals surface area contributed by atoms with Crippen molar-refractivity contribution in [3.63, 3.8) is 0 Å². The van der Waals surface area contributed by atoms with Gasteiger partial charge >= 0.3 is 12.1 Å². The Morgan fingerprint density at radius 1 is 1.11 bits per heavy atom. The number of carbonyl (C=O) groups is 1. The Balaban J connectivity index is 2.81. The van der Waals surface area contributed by atoms with Crippen LogP contribution in [0.1, 0.15) is 51.4 Å². The third kappa shape index (κ3) is 3.86. The highest BCUT2D eigenvalue weighted by molar-refractivity contribution is 5.74. The van der Waals surface area contributed by atoms with Gasteiger partial charge < -0.3 is 10.2 Å². The summed E-state index contributed by atoms with van der Waals surface area (Å²) in [6.45, 7) is 0. The molecule has 0 radical (unpaired) electrons. The molecule has 3 nitrogen and oxygen atoms in total. The minimum Gasteiger partial charge on any atom is -0.481 e. The number of aliphatic hydroxyl groups is 1. The molecule has 0 spiro atoms. The molecule has 1 unspecified atom stereocenters. The van der Waals surface area contributed by atoms with Crippen LogP contribution in [0.4, 0.5) is 13.2 Å². The molecule has 1 atom stereocenters. The molecule has 1 aliphatic rings. The molecule has 1 aliphatic carbocycles. The van der Waals surface area contributed by atoms with Gasteiger partial charge in [0.25, 0.3) is 0 Å². The minimum absolute atomic E-state index is 0.218. The van der Waals surface area contributed by atoms with Crippen molar-refractivity contribution in [2.45, 2.75) is 63.6 Å². The Morgan fingerprint density at radius 2 is 1.56 bits per heavy atom. The van der Waals surface area contributed by atoms with E-state index in [0.717, 1.165) is 19.3 Å². The van der Waals surface area contributed by atoms with E-state index in [2.05, 4.69) is 0 Å². The average molecular weight is 268 g/mol. The molecule has 0 amide bonds. The van der Waals surface area contributed by atoms with E-state index in [1.165, 1.54) is 0 Å². The van der Waals surface area contributed by atoms with E-state index in [1.807, 2.05) is 0 Å². The molecule has 0 bridgehead atoms. The first kappa shape index (κ1) is 15.3. The number of alkyl halides is 3. The molecule has 1 saturated carbocycles. The van der Waals surface area contributed by atoms with Crippen molar-refractivity contribution in [3.8, 4) is 0 Å². The number of aliphatic hydroxyl groups excluding tert-OH is 1. The van der Waals surface area contributed by atoms with Crippen LogP contribution in [0.5, 0.6) is 0 Å². The quantitative estimate of drug-likeness (QED) is 0.826. The summed E-state index contributed by atoms with van der Waals surface area (Å²) in [6, 6.07) is 0. The van der Waals surface area contributed by atoms with Gasteiger partial charge in [-0.05, 0) is 19.3 Å². The van der Waals surface area contributed by atoms with Gasteiger partial charge in [-0.1, -0.05) is 32.1 Å². The van der Waals surface area contributed by atoms with Crippen LogP contribution in [0.15, 0.2) is 0 Å². The standard InChI is InChI=1S/C12H19F3O3/c13-12(14,15)9(16)8-11(10(17)18)6-4-2-1-3-5-7-11/h9,16H,1-8H2,(H,17,18). The van der Waals surface area contributed by atoms with Crippen LogP contribution in [0.25, 0.3) is 0 Å². The summed E-state index contributed by atoms with van der Waals surface area (Å²) in [5.74, 6) is -1.22. The van der Waals surface area contributed by atoms with Crippen molar-refractivity contribution in [2.24, 2.45) is 5.41 Å². The first-order chi connectivity index (χ1) is 8.28. The first-order valence-corrected chi connectivity index (χ1v) is 6.26. The summed E-state index contributed by atoms with van der Waals surface area (Å²) >= 11 is 0. The Labute approximate surface area is 104 Å². The van der Waals surface area contributed by atoms with E-state index in [4.69, 9.17) is 5.11 Å². The van der Waals surface area contributed by atoms with E-state index in [0.29, 0.717) is 12.8 Å². The molecule has 0 saturated heterocycles. The number of carboxylic acids is 1. The summed E-state index contributed by atoms with van der Waals surface area (Å²) in [5, 5.41) is 18.4. The Hall–Kier alpha value is -0.780. The first-order valence-electron chi connectivity index (χ1n) is 6.26. The van der Waals surface area contributed by atoms with E-state index < -0.39 is 30.1 Å². The van der Waals surface area contributed by atoms with Crippen molar-refractivity contribution in [1.29, 1.82) is 0 Å². The van der Waals surface area contributed by atoms with Crippen LogP contribution in [0.2, 0.25) is 0 Å². The maximum absolute atomic E-state index is 12.4. The number of aliphatic carboxylic acids is 1. The average Bonchev–Trinajstić information content (AvgIpc) is 2.20. The largest absolute Gasteiger partial charge is 0.481 e. The molecule has 0 aliphatic heterocycles. The second kappa shape index (κ2) is 5.91. The normalized spacial score (nSPS) is 22.9. The van der Waals surface area contributed by atoms with E-state index in [9.17, 15) is 23.1 Å². The third-order valence-electron chi connectivity index (χ3n) is 3.73. The molecular formula is C12H19F3O3. The van der Waals surface area contributed by atoms with Crippen LogP contribution >= 0.6 is 0 Å². The zero-order valence-corrected chi connectivity index (χ0v) is 10.2. The zero-order chi connectivity index (χ0) is 13.8. The van der Waals surface area contributed by atoms with Crippen LogP contribution in [-0.4, -0.2) is 28.5 Å². The highest BCUT2D eigenvalue weighted by Crippen LogP contribution is 2.41. The molecule has 2 N–H and O–H groups in total. The van der Waals surface area contributed by atoms with Crippen molar-refractivity contribution >= 4 is 5.97 Å². The maximum atomic E-state index is 12.4. The van der Waals surface area contributed by atoms with Gasteiger partial charge in [0, 0.05) is 0 Å². The fourth-order valence-corrected chi connectivity index (χ4v) is 2.57. The number of carboxylic acid groups (broad SMARTS) is 1. The lowest BCUT2D eigenvalue weighted by molar-refractivity contribution is -0.215. The van der Waals surface area contributed by atoms with Crippen molar-refractivity contribution in [1.82, 2.24) is 0 Å². The van der Waals surface area contributed by atoms with Gasteiger partial charge in [-0.15, -0.1) is 0 Å². The number of hydrogen-bond donors (Lipinski definition) is 2. The minimum atomic E-state index is -4.75. The summed E-state index contributed by atoms with van der Waals surface area (Å²) in [6.07, 6.45) is -3.69. The number of rotatable bonds is 3. The lowest BCUT2D eigenvalue weighted by Gasteiger charge is -2.33. The fourth-order valence-electron chi connectivity index (χ4n) is 2.57. The van der Waals surface area contributed by atoms with Gasteiger partial charge in [0.15, 0.2) is 6.10 Å². The van der Waals surface area contributed by atoms with Crippen LogP contribution < -0.4 is 0 Å². The highest BCUT2D eigenvalue weighted by Gasteiger charge is 2.47. The molecule has 0 heterocycles. The highest BCUT2D eigenvalue weighted by atomic mass is 19.4. The van der Waals surface area contributed by atoms with Crippen LogP contribution in [0, 0.1) is 5.41 Å². The topological polar surface area (TPSA) is 57.5 Å². The van der Waals surface area contributed by atoms with Gasteiger partial charge in [0.2, 0.25) is 0 Å². The van der Waals surface area contributed by atoms with Crippen LogP contribution in [0.3, 0.4) is 0 Å². The Bertz CT molecular complexity index is 281. The van der Waals surface area contributed by atoms with Gasteiger partial charge in [0.1, 0.15) is 0 Å². The smallest absolute Gasteiger partial charge is 0.414 e. The second-order valence-corrected chi connectivity index (χ2v) is 5.11. The molecular weight excluding hydrogens is 249 g/mol. The summed E-state index contributed by atoms with van der Waals surface area (Å²) < 4.78 is 37.1. The molecule has 1 rings (SSSR count). The third-order valence-corrected chi connectivity index (χ3v) is 3.73. The Morgan fingerprint density at radius 3 is 1.94 bits per heavy atom. The molecule has 0 aromatic carbocycles. The predicted molar refractivity (Wildman–Crippen MR) is 59.1 cm³/mol. The van der Waals surface area contributed by atoms with Crippen molar-refractivity contribution in [3.05, 3.63) is 0 Å². The Kier molecular flexibility index (Phi) is 5.01. The molecule has 18 heavy (non-hydrogen) atoms. The number of hydrogen-bond acceptors (Lipinski definition) is 2. The predicted octanol–water partition coefficient (Wildman–Crippen LogP) is 3.12. The van der Waals surface area contributed by atoms with Crippen molar-refractivity contribution in [2.75, 3.05) is 0 Å². The lowest BCUT2D eigenvalue weighted by Crippen LogP contribution is -2.40. The SMILES string of the molecule is O=C(O)C1(CC(O)C(F)(F)F)CCCCCCC1. The summed E-state index contributed by atoms with van der Waals surface area (Å²) in [5.41, 5.74) is -1.42. The molecule has 1 fully saturated rings. The van der Waals surface area contributed by atoms with Crippen LogP contribution in [-0.2, 0) is 4.79 Å². The van der Waals surface area contributed by atoms with Gasteiger partial charge in [-0.25, -0.2) is 0 Å². The molecule has 0 aromatic heterocycles. The van der Waals surface area contributed by atoms with E-state index in [1.54, 1.807) is 0 Å². The summed E-state index contributed by atoms with van der Waals surface area (Å²) in [7, 11) is 0. The van der Waals surface area contributed by atoms with Crippen molar-refractivity contribution < 1.29 is 28.2 Å². The van der Waals surface area contributed by atoms with E-state index in [-0.39, 0.29) is 12.8 Å². The number of halogens is 3.